The van der Waals surface area contributed by atoms with Crippen LogP contribution in [0.1, 0.15) is 19.4 Å². The van der Waals surface area contributed by atoms with Crippen LogP contribution < -0.4 is 0 Å². The van der Waals surface area contributed by atoms with Crippen LogP contribution in [0.3, 0.4) is 0 Å². The lowest BCUT2D eigenvalue weighted by Crippen LogP contribution is -1.74. The van der Waals surface area contributed by atoms with Crippen molar-refractivity contribution >= 4 is 22.5 Å². The molecule has 2 heterocycles. The number of pyridine rings is 1. The van der Waals surface area contributed by atoms with Gasteiger partial charge in [0.05, 0.1) is 5.52 Å². The van der Waals surface area contributed by atoms with Crippen LogP contribution in [0.5, 0.6) is 0 Å². The quantitative estimate of drug-likeness (QED) is 0.642. The van der Waals surface area contributed by atoms with Crippen LogP contribution in [0.25, 0.3) is 10.9 Å². The van der Waals surface area contributed by atoms with Gasteiger partial charge < -0.3 is 4.98 Å². The van der Waals surface area contributed by atoms with Gasteiger partial charge in [0.1, 0.15) is 5.15 Å². The van der Waals surface area contributed by atoms with E-state index in [0.717, 1.165) is 10.9 Å². The molecule has 0 fully saturated rings. The average Bonchev–Trinajstić information content (AvgIpc) is 2.51. The molecule has 2 nitrogen and oxygen atoms in total. The van der Waals surface area contributed by atoms with Crippen molar-refractivity contribution in [2.45, 2.75) is 20.8 Å². The molecular formula is C10H13ClN2. The molecule has 0 bridgehead atoms. The predicted octanol–water partition coefficient (Wildman–Crippen LogP) is 3.55. The summed E-state index contributed by atoms with van der Waals surface area (Å²) in [6.07, 6.45) is 3.73. The zero-order chi connectivity index (χ0) is 9.84. The SMILES string of the molecule is CC.Cc1c[nH]c2cc(Cl)ncc12. The molecule has 1 N–H and O–H groups in total. The zero-order valence-corrected chi connectivity index (χ0v) is 8.81. The van der Waals surface area contributed by atoms with E-state index in [1.807, 2.05) is 33.0 Å². The molecule has 0 atom stereocenters. The standard InChI is InChI=1S/C8H7ClN2.C2H6/c1-5-3-10-7-2-8(9)11-4-6(5)7;1-2/h2-4,10H,1H3;1-2H3. The summed E-state index contributed by atoms with van der Waals surface area (Å²) in [7, 11) is 0. The molecule has 3 heteroatoms. The lowest BCUT2D eigenvalue weighted by Gasteiger charge is -1.90. The van der Waals surface area contributed by atoms with Crippen LogP contribution in [0, 0.1) is 6.92 Å². The van der Waals surface area contributed by atoms with E-state index in [4.69, 9.17) is 11.6 Å². The molecular weight excluding hydrogens is 184 g/mol. The van der Waals surface area contributed by atoms with E-state index >= 15 is 0 Å². The molecule has 70 valence electrons. The minimum atomic E-state index is 0.527. The minimum Gasteiger partial charge on any atom is -0.361 e. The number of nitrogens with zero attached hydrogens (tertiary/aromatic N) is 1. The molecule has 0 radical (unpaired) electrons. The fourth-order valence-corrected chi connectivity index (χ4v) is 1.29. The number of nitrogens with one attached hydrogen (secondary N) is 1. The Morgan fingerprint density at radius 3 is 2.77 bits per heavy atom. The lowest BCUT2D eigenvalue weighted by molar-refractivity contribution is 1.35. The summed E-state index contributed by atoms with van der Waals surface area (Å²) in [5, 5.41) is 1.66. The summed E-state index contributed by atoms with van der Waals surface area (Å²) in [6.45, 7) is 6.04. The fourth-order valence-electron chi connectivity index (χ4n) is 1.13. The highest BCUT2D eigenvalue weighted by Gasteiger charge is 1.99. The maximum absolute atomic E-state index is 5.70. The fraction of sp³-hybridized carbons (Fsp3) is 0.300. The van der Waals surface area contributed by atoms with Gasteiger partial charge in [-0.1, -0.05) is 25.4 Å². The zero-order valence-electron chi connectivity index (χ0n) is 8.06. The molecule has 0 aliphatic carbocycles. The van der Waals surface area contributed by atoms with Crippen molar-refractivity contribution in [3.05, 3.63) is 29.2 Å². The van der Waals surface area contributed by atoms with Gasteiger partial charge in [0.2, 0.25) is 0 Å². The number of hydrogen-bond acceptors (Lipinski definition) is 1. The second kappa shape index (κ2) is 4.28. The van der Waals surface area contributed by atoms with Crippen molar-refractivity contribution in [2.24, 2.45) is 0 Å². The maximum Gasteiger partial charge on any atom is 0.131 e. The second-order valence-electron chi connectivity index (χ2n) is 2.52. The molecule has 0 aromatic carbocycles. The third kappa shape index (κ3) is 2.01. The first kappa shape index (κ1) is 10.1. The van der Waals surface area contributed by atoms with E-state index in [2.05, 4.69) is 9.97 Å². The number of rotatable bonds is 0. The van der Waals surface area contributed by atoms with E-state index < -0.39 is 0 Å². The van der Waals surface area contributed by atoms with Crippen LogP contribution in [-0.2, 0) is 0 Å². The number of aromatic nitrogens is 2. The van der Waals surface area contributed by atoms with E-state index in [1.165, 1.54) is 5.56 Å². The Hall–Kier alpha value is -1.02. The molecule has 0 saturated heterocycles. The van der Waals surface area contributed by atoms with Crippen LogP contribution in [0.2, 0.25) is 5.15 Å². The molecule has 0 saturated carbocycles. The van der Waals surface area contributed by atoms with Gasteiger partial charge in [-0.25, -0.2) is 4.98 Å². The van der Waals surface area contributed by atoms with Gasteiger partial charge in [0.15, 0.2) is 0 Å². The van der Waals surface area contributed by atoms with E-state index in [-0.39, 0.29) is 0 Å². The number of aromatic amines is 1. The summed E-state index contributed by atoms with van der Waals surface area (Å²) in [5.41, 5.74) is 2.24. The molecule has 2 rings (SSSR count). The van der Waals surface area contributed by atoms with Crippen molar-refractivity contribution < 1.29 is 0 Å². The summed E-state index contributed by atoms with van der Waals surface area (Å²) in [4.78, 5) is 7.09. The second-order valence-corrected chi connectivity index (χ2v) is 2.91. The van der Waals surface area contributed by atoms with Gasteiger partial charge in [-0.2, -0.15) is 0 Å². The van der Waals surface area contributed by atoms with Gasteiger partial charge in [0.25, 0.3) is 0 Å². The first-order chi connectivity index (χ1) is 6.27. The van der Waals surface area contributed by atoms with E-state index in [0.29, 0.717) is 5.15 Å². The number of fused-ring (bicyclic) bond motifs is 1. The van der Waals surface area contributed by atoms with Crippen molar-refractivity contribution in [3.63, 3.8) is 0 Å². The summed E-state index contributed by atoms with van der Waals surface area (Å²) in [6, 6.07) is 1.82. The summed E-state index contributed by atoms with van der Waals surface area (Å²) < 4.78 is 0. The molecule has 0 spiro atoms. The number of hydrogen-bond donors (Lipinski definition) is 1. The molecule has 13 heavy (non-hydrogen) atoms. The van der Waals surface area contributed by atoms with Crippen molar-refractivity contribution in [3.8, 4) is 0 Å². The number of aryl methyl sites for hydroxylation is 1. The highest BCUT2D eigenvalue weighted by Crippen LogP contribution is 2.18. The molecule has 0 aliphatic rings. The Balaban J connectivity index is 0.000000396. The van der Waals surface area contributed by atoms with Gasteiger partial charge in [-0.3, -0.25) is 0 Å². The van der Waals surface area contributed by atoms with Gasteiger partial charge in [-0.15, -0.1) is 0 Å². The molecule has 0 aliphatic heterocycles. The van der Waals surface area contributed by atoms with Crippen molar-refractivity contribution in [1.82, 2.24) is 9.97 Å². The molecule has 0 unspecified atom stereocenters. The number of halogens is 1. The number of H-pyrrole nitrogens is 1. The van der Waals surface area contributed by atoms with E-state index in [1.54, 1.807) is 6.20 Å². The largest absolute Gasteiger partial charge is 0.361 e. The maximum atomic E-state index is 5.70. The monoisotopic (exact) mass is 196 g/mol. The Bertz CT molecular complexity index is 393. The molecule has 0 amide bonds. The first-order valence-electron chi connectivity index (χ1n) is 4.36. The Morgan fingerprint density at radius 1 is 1.38 bits per heavy atom. The smallest absolute Gasteiger partial charge is 0.131 e. The van der Waals surface area contributed by atoms with Crippen molar-refractivity contribution in [1.29, 1.82) is 0 Å². The predicted molar refractivity (Wildman–Crippen MR) is 57.2 cm³/mol. The molecule has 2 aromatic rings. The third-order valence-corrected chi connectivity index (χ3v) is 1.95. The lowest BCUT2D eigenvalue weighted by atomic mass is 10.2. The summed E-state index contributed by atoms with van der Waals surface area (Å²) in [5.74, 6) is 0. The molecule has 2 aromatic heterocycles. The van der Waals surface area contributed by atoms with E-state index in [9.17, 15) is 0 Å². The van der Waals surface area contributed by atoms with Gasteiger partial charge in [-0.05, 0) is 18.6 Å². The average molecular weight is 197 g/mol. The normalized spacial score (nSPS) is 9.54. The minimum absolute atomic E-state index is 0.527. The van der Waals surface area contributed by atoms with Crippen LogP contribution >= 0.6 is 11.6 Å². The highest BCUT2D eigenvalue weighted by molar-refractivity contribution is 6.30. The van der Waals surface area contributed by atoms with Gasteiger partial charge in [0, 0.05) is 17.8 Å². The van der Waals surface area contributed by atoms with Crippen LogP contribution in [0.4, 0.5) is 0 Å². The topological polar surface area (TPSA) is 28.7 Å². The highest BCUT2D eigenvalue weighted by atomic mass is 35.5. The summed E-state index contributed by atoms with van der Waals surface area (Å²) >= 11 is 5.70. The third-order valence-electron chi connectivity index (χ3n) is 1.74. The Labute approximate surface area is 82.9 Å². The van der Waals surface area contributed by atoms with Crippen LogP contribution in [0.15, 0.2) is 18.5 Å². The van der Waals surface area contributed by atoms with Crippen LogP contribution in [-0.4, -0.2) is 9.97 Å². The first-order valence-corrected chi connectivity index (χ1v) is 4.74. The Morgan fingerprint density at radius 2 is 2.08 bits per heavy atom. The van der Waals surface area contributed by atoms with Gasteiger partial charge >= 0.3 is 0 Å². The van der Waals surface area contributed by atoms with Crippen molar-refractivity contribution in [2.75, 3.05) is 0 Å². The Kier molecular flexibility index (Phi) is 3.32.